The molecular weight excluding hydrogens is 352 g/mol. The first-order valence-corrected chi connectivity index (χ1v) is 10.1. The number of carbonyl (C=O) groups is 1. The zero-order chi connectivity index (χ0) is 19.1. The average Bonchev–Trinajstić information content (AvgIpc) is 3.42. The molecule has 28 heavy (non-hydrogen) atoms. The average molecular weight is 376 g/mol. The minimum Gasteiger partial charge on any atom is -0.340 e. The zero-order valence-corrected chi connectivity index (χ0v) is 16.1. The maximum absolute atomic E-state index is 13.3. The number of pyridine rings is 1. The number of nitrogens with zero attached hydrogens (tertiary/aromatic N) is 4. The Morgan fingerprint density at radius 1 is 1.21 bits per heavy atom. The van der Waals surface area contributed by atoms with Gasteiger partial charge in [0, 0.05) is 25.4 Å². The first-order valence-electron chi connectivity index (χ1n) is 10.1. The molecule has 5 rings (SSSR count). The second kappa shape index (κ2) is 6.69. The molecule has 1 aromatic carbocycles. The van der Waals surface area contributed by atoms with Gasteiger partial charge in [-0.2, -0.15) is 4.98 Å². The summed E-state index contributed by atoms with van der Waals surface area (Å²) in [7, 11) is 0. The van der Waals surface area contributed by atoms with Crippen molar-refractivity contribution in [2.45, 2.75) is 44.4 Å². The fraction of sp³-hybridized carbons (Fsp3) is 0.455. The minimum absolute atomic E-state index is 0.00848. The van der Waals surface area contributed by atoms with E-state index in [1.54, 1.807) is 0 Å². The summed E-state index contributed by atoms with van der Waals surface area (Å²) in [5.74, 6) is 2.06. The lowest BCUT2D eigenvalue weighted by atomic mass is 9.74. The Hall–Kier alpha value is -2.76. The monoisotopic (exact) mass is 376 g/mol. The van der Waals surface area contributed by atoms with Gasteiger partial charge in [0.05, 0.1) is 10.9 Å². The van der Waals surface area contributed by atoms with Crippen molar-refractivity contribution in [1.82, 2.24) is 20.0 Å². The van der Waals surface area contributed by atoms with Gasteiger partial charge >= 0.3 is 0 Å². The molecule has 0 N–H and O–H groups in total. The minimum atomic E-state index is -0.205. The van der Waals surface area contributed by atoms with E-state index in [0.29, 0.717) is 24.0 Å². The van der Waals surface area contributed by atoms with Crippen LogP contribution in [0.4, 0.5) is 0 Å². The third kappa shape index (κ3) is 3.17. The second-order valence-corrected chi connectivity index (χ2v) is 8.28. The third-order valence-corrected chi connectivity index (χ3v) is 6.06. The van der Waals surface area contributed by atoms with Gasteiger partial charge in [-0.15, -0.1) is 0 Å². The van der Waals surface area contributed by atoms with Gasteiger partial charge in [-0.05, 0) is 37.3 Å². The van der Waals surface area contributed by atoms with Gasteiger partial charge in [-0.25, -0.2) is 4.98 Å². The molecule has 2 aliphatic rings. The van der Waals surface area contributed by atoms with Gasteiger partial charge in [0.15, 0.2) is 5.82 Å². The first kappa shape index (κ1) is 17.3. The molecule has 3 heterocycles. The third-order valence-electron chi connectivity index (χ3n) is 6.06. The van der Waals surface area contributed by atoms with Gasteiger partial charge in [0.25, 0.3) is 5.91 Å². The van der Waals surface area contributed by atoms with E-state index in [2.05, 4.69) is 15.1 Å². The molecule has 1 atom stereocenters. The molecule has 6 heteroatoms. The molecular formula is C22H24N4O2. The highest BCUT2D eigenvalue weighted by Gasteiger charge is 2.45. The topological polar surface area (TPSA) is 72.1 Å². The molecule has 3 aromatic rings. The van der Waals surface area contributed by atoms with E-state index < -0.39 is 0 Å². The van der Waals surface area contributed by atoms with Crippen molar-refractivity contribution in [3.63, 3.8) is 0 Å². The predicted molar refractivity (Wildman–Crippen MR) is 105 cm³/mol. The summed E-state index contributed by atoms with van der Waals surface area (Å²) in [6.07, 6.45) is 5.50. The van der Waals surface area contributed by atoms with Crippen molar-refractivity contribution >= 4 is 16.8 Å². The molecule has 0 bridgehead atoms. The number of benzene rings is 1. The lowest BCUT2D eigenvalue weighted by molar-refractivity contribution is 0.0601. The fourth-order valence-corrected chi connectivity index (χ4v) is 4.48. The van der Waals surface area contributed by atoms with E-state index in [1.165, 1.54) is 12.8 Å². The molecule has 2 fully saturated rings. The van der Waals surface area contributed by atoms with Crippen molar-refractivity contribution in [3.8, 4) is 0 Å². The van der Waals surface area contributed by atoms with Gasteiger partial charge in [0.1, 0.15) is 5.69 Å². The number of rotatable bonds is 4. The normalized spacial score (nSPS) is 22.5. The van der Waals surface area contributed by atoms with Crippen LogP contribution >= 0.6 is 0 Å². The molecule has 1 unspecified atom stereocenters. The largest absolute Gasteiger partial charge is 0.340 e. The molecule has 1 amide bonds. The van der Waals surface area contributed by atoms with E-state index >= 15 is 0 Å². The number of hydrogen-bond donors (Lipinski definition) is 0. The van der Waals surface area contributed by atoms with Crippen molar-refractivity contribution in [2.75, 3.05) is 13.1 Å². The van der Waals surface area contributed by atoms with E-state index in [4.69, 9.17) is 4.52 Å². The van der Waals surface area contributed by atoms with Crippen molar-refractivity contribution in [3.05, 3.63) is 53.8 Å². The molecule has 1 aliphatic heterocycles. The summed E-state index contributed by atoms with van der Waals surface area (Å²) >= 11 is 0. The summed E-state index contributed by atoms with van der Waals surface area (Å²) in [5.41, 5.74) is 1.15. The van der Waals surface area contributed by atoms with E-state index in [0.717, 1.165) is 42.5 Å². The lowest BCUT2D eigenvalue weighted by Crippen LogP contribution is -2.49. The number of amides is 1. The first-order chi connectivity index (χ1) is 13.6. The summed E-state index contributed by atoms with van der Waals surface area (Å²) in [6.45, 7) is 3.21. The van der Waals surface area contributed by atoms with Crippen LogP contribution in [0.15, 0.2) is 40.9 Å². The lowest BCUT2D eigenvalue weighted by Gasteiger charge is -2.41. The van der Waals surface area contributed by atoms with Crippen LogP contribution in [0.25, 0.3) is 10.9 Å². The number of fused-ring (bicyclic) bond motifs is 1. The van der Waals surface area contributed by atoms with Crippen LogP contribution in [0.5, 0.6) is 0 Å². The Morgan fingerprint density at radius 3 is 2.86 bits per heavy atom. The Kier molecular flexibility index (Phi) is 4.14. The van der Waals surface area contributed by atoms with Crippen LogP contribution in [0, 0.1) is 12.8 Å². The second-order valence-electron chi connectivity index (χ2n) is 8.28. The molecule has 1 aliphatic carbocycles. The maximum atomic E-state index is 13.3. The van der Waals surface area contributed by atoms with Crippen LogP contribution in [0.1, 0.15) is 54.3 Å². The highest BCUT2D eigenvalue weighted by atomic mass is 16.5. The van der Waals surface area contributed by atoms with E-state index in [1.807, 2.05) is 48.2 Å². The van der Waals surface area contributed by atoms with Crippen molar-refractivity contribution in [1.29, 1.82) is 0 Å². The van der Waals surface area contributed by atoms with E-state index in [9.17, 15) is 4.79 Å². The molecule has 1 saturated carbocycles. The number of aryl methyl sites for hydroxylation is 1. The Bertz CT molecular complexity index is 1030. The van der Waals surface area contributed by atoms with Gasteiger partial charge in [-0.3, -0.25) is 4.79 Å². The standard InChI is InChI=1S/C22H24N4O2/c1-15-23-21(25-28-15)22(13-16-7-8-16)11-4-12-26(14-22)20(27)19-10-9-17-5-2-3-6-18(17)24-19/h2-3,5-6,9-10,16H,4,7-8,11-14H2,1H3. The number of hydrogen-bond acceptors (Lipinski definition) is 5. The Labute approximate surface area is 163 Å². The molecule has 0 spiro atoms. The van der Waals surface area contributed by atoms with Crippen LogP contribution in [0.2, 0.25) is 0 Å². The van der Waals surface area contributed by atoms with Gasteiger partial charge < -0.3 is 9.42 Å². The number of carbonyl (C=O) groups excluding carboxylic acids is 1. The van der Waals surface area contributed by atoms with Crippen LogP contribution < -0.4 is 0 Å². The summed E-state index contributed by atoms with van der Waals surface area (Å²) in [5, 5.41) is 5.30. The Balaban J connectivity index is 1.44. The SMILES string of the molecule is Cc1nc(C2(CC3CC3)CCCN(C(=O)c3ccc4ccccc4n3)C2)no1. The highest BCUT2D eigenvalue weighted by Crippen LogP contribution is 2.45. The summed E-state index contributed by atoms with van der Waals surface area (Å²) in [6, 6.07) is 11.7. The molecule has 1 saturated heterocycles. The highest BCUT2D eigenvalue weighted by molar-refractivity contribution is 5.95. The van der Waals surface area contributed by atoms with Crippen molar-refractivity contribution in [2.24, 2.45) is 5.92 Å². The number of likely N-dealkylation sites (tertiary alicyclic amines) is 1. The maximum Gasteiger partial charge on any atom is 0.272 e. The number of piperidine rings is 1. The smallest absolute Gasteiger partial charge is 0.272 e. The molecule has 6 nitrogen and oxygen atoms in total. The van der Waals surface area contributed by atoms with Crippen LogP contribution in [0.3, 0.4) is 0 Å². The van der Waals surface area contributed by atoms with Crippen LogP contribution in [-0.2, 0) is 5.41 Å². The van der Waals surface area contributed by atoms with Gasteiger partial charge in [-0.1, -0.05) is 42.3 Å². The fourth-order valence-electron chi connectivity index (χ4n) is 4.48. The number of para-hydroxylation sites is 1. The zero-order valence-electron chi connectivity index (χ0n) is 16.1. The Morgan fingerprint density at radius 2 is 2.07 bits per heavy atom. The van der Waals surface area contributed by atoms with Crippen LogP contribution in [-0.4, -0.2) is 39.0 Å². The van der Waals surface area contributed by atoms with E-state index in [-0.39, 0.29) is 11.3 Å². The molecule has 2 aromatic heterocycles. The quantitative estimate of drug-likeness (QED) is 0.690. The number of aromatic nitrogens is 3. The summed E-state index contributed by atoms with van der Waals surface area (Å²) in [4.78, 5) is 24.4. The van der Waals surface area contributed by atoms with Crippen molar-refractivity contribution < 1.29 is 9.32 Å². The predicted octanol–water partition coefficient (Wildman–Crippen LogP) is 3.90. The summed E-state index contributed by atoms with van der Waals surface area (Å²) < 4.78 is 5.30. The molecule has 0 radical (unpaired) electrons. The molecule has 144 valence electrons. The van der Waals surface area contributed by atoms with Gasteiger partial charge in [0.2, 0.25) is 5.89 Å².